The molecule has 0 aromatic carbocycles. The number of rotatable bonds is 3. The van der Waals surface area contributed by atoms with Crippen LogP contribution in [0.4, 0.5) is 0 Å². The van der Waals surface area contributed by atoms with Crippen LogP contribution in [0.5, 0.6) is 5.75 Å². The molecule has 5 rings (SSSR count). The van der Waals surface area contributed by atoms with E-state index in [1.54, 1.807) is 6.07 Å². The first kappa shape index (κ1) is 19.8. The fourth-order valence-electron chi connectivity index (χ4n) is 5.18. The molecule has 0 spiro atoms. The van der Waals surface area contributed by atoms with Gasteiger partial charge in [0.2, 0.25) is 0 Å². The predicted molar refractivity (Wildman–Crippen MR) is 114 cm³/mol. The summed E-state index contributed by atoms with van der Waals surface area (Å²) in [5.74, 6) is -0.0716. The lowest BCUT2D eigenvalue weighted by molar-refractivity contribution is 0.104. The monoisotopic (exact) mass is 421 g/mol. The highest BCUT2D eigenvalue weighted by Gasteiger charge is 2.41. The second-order valence-electron chi connectivity index (χ2n) is 8.46. The van der Waals surface area contributed by atoms with Crippen molar-refractivity contribution in [3.8, 4) is 5.75 Å². The van der Waals surface area contributed by atoms with Crippen molar-refractivity contribution >= 4 is 17.9 Å². The molecule has 0 radical (unpaired) electrons. The van der Waals surface area contributed by atoms with Gasteiger partial charge in [-0.3, -0.25) is 9.69 Å². The van der Waals surface area contributed by atoms with Crippen LogP contribution in [0.1, 0.15) is 64.6 Å². The third-order valence-corrected chi connectivity index (χ3v) is 6.45. The number of piperidine rings is 2. The SMILES string of the molecule is Cc1cc(O)c(C(=O)C=Cc2cc3c(oc2=O)[C@@H]2CCCN4CCCC(=C3)[C@@H]24)c(=O)o1. The molecule has 31 heavy (non-hydrogen) atoms. The third kappa shape index (κ3) is 3.39. The van der Waals surface area contributed by atoms with E-state index in [9.17, 15) is 19.5 Å². The fraction of sp³-hybridized carbons (Fsp3) is 0.375. The molecule has 7 heteroatoms. The van der Waals surface area contributed by atoms with E-state index in [1.807, 2.05) is 0 Å². The summed E-state index contributed by atoms with van der Waals surface area (Å²) in [7, 11) is 0. The van der Waals surface area contributed by atoms with Gasteiger partial charge in [-0.15, -0.1) is 0 Å². The van der Waals surface area contributed by atoms with Crippen molar-refractivity contribution in [3.63, 3.8) is 0 Å². The van der Waals surface area contributed by atoms with Crippen molar-refractivity contribution in [2.75, 3.05) is 13.1 Å². The molecule has 1 N–H and O–H groups in total. The number of aromatic hydroxyl groups is 1. The minimum Gasteiger partial charge on any atom is -0.507 e. The van der Waals surface area contributed by atoms with Crippen molar-refractivity contribution in [3.05, 3.63) is 72.8 Å². The number of aryl methyl sites for hydroxylation is 1. The Morgan fingerprint density at radius 1 is 1.16 bits per heavy atom. The van der Waals surface area contributed by atoms with E-state index in [-0.39, 0.29) is 17.2 Å². The van der Waals surface area contributed by atoms with Gasteiger partial charge in [-0.05, 0) is 63.9 Å². The standard InChI is InChI=1S/C24H23NO6/c1-13-10-19(27)20(24(29)30-13)18(26)7-6-15-12-16-11-14-4-2-8-25-9-3-5-17(21(14)25)22(16)31-23(15)28/h6-7,10-12,17,21,27H,2-5,8-9H2,1H3/t17-,21+/m1/s1. The molecule has 2 aromatic rings. The van der Waals surface area contributed by atoms with Crippen LogP contribution in [0, 0.1) is 6.92 Å². The first-order valence-corrected chi connectivity index (χ1v) is 10.6. The molecule has 4 heterocycles. The van der Waals surface area contributed by atoms with Gasteiger partial charge in [0.1, 0.15) is 22.8 Å². The number of carbonyl (C=O) groups excluding carboxylic acids is 1. The number of nitrogens with zero attached hydrogens (tertiary/aromatic N) is 1. The van der Waals surface area contributed by atoms with Gasteiger partial charge in [0.25, 0.3) is 0 Å². The highest BCUT2D eigenvalue weighted by molar-refractivity contribution is 6.08. The number of carbonyl (C=O) groups is 1. The minimum absolute atomic E-state index is 0.186. The molecule has 2 aliphatic heterocycles. The lowest BCUT2D eigenvalue weighted by atomic mass is 9.74. The Labute approximate surface area is 178 Å². The quantitative estimate of drug-likeness (QED) is 0.600. The summed E-state index contributed by atoms with van der Waals surface area (Å²) in [6, 6.07) is 3.28. The van der Waals surface area contributed by atoms with Gasteiger partial charge >= 0.3 is 11.3 Å². The molecular formula is C24H23NO6. The molecule has 2 saturated heterocycles. The van der Waals surface area contributed by atoms with E-state index in [0.717, 1.165) is 56.2 Å². The van der Waals surface area contributed by atoms with Crippen LogP contribution in [-0.4, -0.2) is 34.9 Å². The Balaban J connectivity index is 1.50. The molecule has 1 aliphatic carbocycles. The van der Waals surface area contributed by atoms with E-state index in [0.29, 0.717) is 6.04 Å². The molecule has 0 saturated carbocycles. The maximum Gasteiger partial charge on any atom is 0.351 e. The Kier molecular flexibility index (Phi) is 4.78. The Morgan fingerprint density at radius 2 is 1.97 bits per heavy atom. The van der Waals surface area contributed by atoms with Gasteiger partial charge in [-0.2, -0.15) is 0 Å². The molecule has 0 amide bonds. The summed E-state index contributed by atoms with van der Waals surface area (Å²) in [4.78, 5) is 39.5. The van der Waals surface area contributed by atoms with E-state index in [2.05, 4.69) is 11.0 Å². The van der Waals surface area contributed by atoms with Crippen molar-refractivity contribution < 1.29 is 18.7 Å². The number of ketones is 1. The Bertz CT molecular complexity index is 1250. The van der Waals surface area contributed by atoms with Crippen molar-refractivity contribution in [2.45, 2.75) is 44.6 Å². The average molecular weight is 421 g/mol. The molecule has 0 bridgehead atoms. The maximum atomic E-state index is 12.6. The Morgan fingerprint density at radius 3 is 2.77 bits per heavy atom. The van der Waals surface area contributed by atoms with Crippen LogP contribution in [0.15, 0.2) is 42.2 Å². The Hall–Kier alpha value is -3.19. The van der Waals surface area contributed by atoms with Crippen LogP contribution in [0.2, 0.25) is 0 Å². The first-order valence-electron chi connectivity index (χ1n) is 10.6. The summed E-state index contributed by atoms with van der Waals surface area (Å²) < 4.78 is 10.6. The van der Waals surface area contributed by atoms with Crippen LogP contribution in [0.3, 0.4) is 0 Å². The van der Waals surface area contributed by atoms with E-state index in [4.69, 9.17) is 8.83 Å². The summed E-state index contributed by atoms with van der Waals surface area (Å²) >= 11 is 0. The van der Waals surface area contributed by atoms with Gasteiger partial charge in [0.15, 0.2) is 5.78 Å². The molecule has 2 fully saturated rings. The minimum atomic E-state index is -0.917. The summed E-state index contributed by atoms with van der Waals surface area (Å²) in [5.41, 5.74) is 0.586. The zero-order valence-electron chi connectivity index (χ0n) is 17.2. The van der Waals surface area contributed by atoms with Crippen molar-refractivity contribution in [2.24, 2.45) is 0 Å². The molecule has 7 nitrogen and oxygen atoms in total. The molecule has 160 valence electrons. The van der Waals surface area contributed by atoms with Crippen LogP contribution in [0.25, 0.3) is 12.2 Å². The first-order chi connectivity index (χ1) is 14.9. The second kappa shape index (κ2) is 7.50. The lowest BCUT2D eigenvalue weighted by Crippen LogP contribution is -2.49. The molecule has 0 unspecified atom stereocenters. The zero-order valence-corrected chi connectivity index (χ0v) is 17.2. The highest BCUT2D eigenvalue weighted by Crippen LogP contribution is 2.45. The fourth-order valence-corrected chi connectivity index (χ4v) is 5.18. The van der Waals surface area contributed by atoms with Gasteiger partial charge in [0.05, 0.1) is 5.56 Å². The van der Waals surface area contributed by atoms with Gasteiger partial charge < -0.3 is 13.9 Å². The predicted octanol–water partition coefficient (Wildman–Crippen LogP) is 3.24. The number of hydrogen-bond acceptors (Lipinski definition) is 7. The zero-order chi connectivity index (χ0) is 21.7. The molecule has 3 aliphatic rings. The molecule has 2 aromatic heterocycles. The van der Waals surface area contributed by atoms with Crippen molar-refractivity contribution in [1.82, 2.24) is 4.90 Å². The maximum absolute atomic E-state index is 12.6. The number of fused-ring (bicyclic) bond motifs is 2. The van der Waals surface area contributed by atoms with E-state index >= 15 is 0 Å². The summed E-state index contributed by atoms with van der Waals surface area (Å²) in [6.45, 7) is 3.67. The van der Waals surface area contributed by atoms with Crippen LogP contribution >= 0.6 is 0 Å². The summed E-state index contributed by atoms with van der Waals surface area (Å²) in [6.07, 6.45) is 8.78. The molecule has 2 atom stereocenters. The molecular weight excluding hydrogens is 398 g/mol. The van der Waals surface area contributed by atoms with Gasteiger partial charge in [0, 0.05) is 23.6 Å². The topological polar surface area (TPSA) is 101 Å². The number of hydrogen-bond donors (Lipinski definition) is 1. The van der Waals surface area contributed by atoms with E-state index in [1.165, 1.54) is 24.6 Å². The van der Waals surface area contributed by atoms with Gasteiger partial charge in [-0.1, -0.05) is 11.6 Å². The normalized spacial score (nSPS) is 22.7. The highest BCUT2D eigenvalue weighted by atomic mass is 16.4. The second-order valence-corrected chi connectivity index (χ2v) is 8.46. The third-order valence-electron chi connectivity index (χ3n) is 6.45. The van der Waals surface area contributed by atoms with Crippen LogP contribution < -0.4 is 11.3 Å². The van der Waals surface area contributed by atoms with E-state index < -0.39 is 28.3 Å². The largest absolute Gasteiger partial charge is 0.507 e. The van der Waals surface area contributed by atoms with Crippen LogP contribution in [-0.2, 0) is 0 Å². The smallest absolute Gasteiger partial charge is 0.351 e. The van der Waals surface area contributed by atoms with Crippen molar-refractivity contribution in [1.29, 1.82) is 0 Å². The average Bonchev–Trinajstić information content (AvgIpc) is 2.72. The number of allylic oxidation sites excluding steroid dienone is 1. The van der Waals surface area contributed by atoms with Gasteiger partial charge in [-0.25, -0.2) is 9.59 Å². The lowest BCUT2D eigenvalue weighted by Gasteiger charge is -2.47. The summed E-state index contributed by atoms with van der Waals surface area (Å²) in [5, 5.41) is 9.94.